The Morgan fingerprint density at radius 1 is 1.34 bits per heavy atom. The fourth-order valence-electron chi connectivity index (χ4n) is 3.73. The van der Waals surface area contributed by atoms with Crippen LogP contribution in [-0.2, 0) is 0 Å². The summed E-state index contributed by atoms with van der Waals surface area (Å²) in [6, 6.07) is 3.06. The number of anilines is 3. The largest absolute Gasteiger partial charge is 0.373 e. The van der Waals surface area contributed by atoms with E-state index < -0.39 is 35.6 Å². The van der Waals surface area contributed by atoms with Crippen LogP contribution in [0.4, 0.5) is 30.5 Å². The summed E-state index contributed by atoms with van der Waals surface area (Å²) in [4.78, 5) is 29.7. The Bertz CT molecular complexity index is 1270. The van der Waals surface area contributed by atoms with E-state index in [9.17, 15) is 22.8 Å². The van der Waals surface area contributed by atoms with Gasteiger partial charge in [0, 0.05) is 32.2 Å². The molecule has 9 nitrogen and oxygen atoms in total. The van der Waals surface area contributed by atoms with Crippen molar-refractivity contribution in [2.75, 3.05) is 17.7 Å². The molecular formula is C20H20F3N7O2. The molecule has 0 aliphatic heterocycles. The standard InChI is InChI=1S/C20H20F3N7O2/c1-24-16-8-15(26-12-3-2-6-29(19(12)32)13-7-11(13)21)28-17-10(9-25-30(16)17)18(31)27-14-4-5-20(14,22)23/h2-3,6,8-9,11,13-14,24H,4-5,7H2,1H3,(H,26,28)(H,27,31)/t11-,13?,14+/m1/s1. The highest BCUT2D eigenvalue weighted by Crippen LogP contribution is 2.38. The van der Waals surface area contributed by atoms with Crippen LogP contribution in [0, 0.1) is 0 Å². The van der Waals surface area contributed by atoms with Gasteiger partial charge in [0.2, 0.25) is 0 Å². The number of carbonyl (C=O) groups excluding carboxylic acids is 1. The van der Waals surface area contributed by atoms with E-state index in [0.29, 0.717) is 12.2 Å². The third kappa shape index (κ3) is 3.35. The first kappa shape index (κ1) is 20.3. The summed E-state index contributed by atoms with van der Waals surface area (Å²) < 4.78 is 43.3. The molecule has 3 aromatic rings. The van der Waals surface area contributed by atoms with Gasteiger partial charge in [-0.3, -0.25) is 9.59 Å². The first-order valence-electron chi connectivity index (χ1n) is 10.2. The number of rotatable bonds is 6. The number of alkyl halides is 3. The molecule has 3 aromatic heterocycles. The molecule has 3 atom stereocenters. The number of halogens is 3. The summed E-state index contributed by atoms with van der Waals surface area (Å²) in [6.07, 6.45) is 1.98. The van der Waals surface area contributed by atoms with Gasteiger partial charge in [-0.05, 0) is 18.6 Å². The van der Waals surface area contributed by atoms with Gasteiger partial charge in [0.1, 0.15) is 29.1 Å². The Balaban J connectivity index is 1.48. The van der Waals surface area contributed by atoms with Crippen LogP contribution in [-0.4, -0.2) is 50.3 Å². The number of nitrogens with zero attached hydrogens (tertiary/aromatic N) is 4. The third-order valence-electron chi connectivity index (χ3n) is 5.83. The number of fused-ring (bicyclic) bond motifs is 1. The summed E-state index contributed by atoms with van der Waals surface area (Å²) >= 11 is 0. The average molecular weight is 447 g/mol. The highest BCUT2D eigenvalue weighted by molar-refractivity contribution is 6.00. The van der Waals surface area contributed by atoms with E-state index in [2.05, 4.69) is 26.0 Å². The van der Waals surface area contributed by atoms with Gasteiger partial charge < -0.3 is 20.5 Å². The molecule has 168 valence electrons. The molecule has 0 aromatic carbocycles. The predicted molar refractivity (Wildman–Crippen MR) is 111 cm³/mol. The molecule has 32 heavy (non-hydrogen) atoms. The van der Waals surface area contributed by atoms with Crippen molar-refractivity contribution >= 4 is 28.9 Å². The van der Waals surface area contributed by atoms with E-state index in [1.54, 1.807) is 25.2 Å². The summed E-state index contributed by atoms with van der Waals surface area (Å²) in [5.41, 5.74) is -0.0625. The Kier molecular flexibility index (Phi) is 4.60. The maximum absolute atomic E-state index is 13.6. The van der Waals surface area contributed by atoms with Crippen molar-refractivity contribution in [2.24, 2.45) is 0 Å². The molecule has 12 heteroatoms. The van der Waals surface area contributed by atoms with Gasteiger partial charge in [-0.25, -0.2) is 18.2 Å². The minimum atomic E-state index is -2.93. The van der Waals surface area contributed by atoms with Crippen LogP contribution in [0.3, 0.4) is 0 Å². The lowest BCUT2D eigenvalue weighted by atomic mass is 9.88. The number of amides is 1. The minimum absolute atomic E-state index is 0.0246. The zero-order chi connectivity index (χ0) is 22.6. The van der Waals surface area contributed by atoms with Gasteiger partial charge in [0.25, 0.3) is 17.4 Å². The molecule has 0 radical (unpaired) electrons. The van der Waals surface area contributed by atoms with Gasteiger partial charge in [-0.15, -0.1) is 0 Å². The van der Waals surface area contributed by atoms with E-state index in [-0.39, 0.29) is 35.6 Å². The van der Waals surface area contributed by atoms with Crippen molar-refractivity contribution in [1.82, 2.24) is 24.5 Å². The predicted octanol–water partition coefficient (Wildman–Crippen LogP) is 2.49. The van der Waals surface area contributed by atoms with Crippen molar-refractivity contribution in [3.8, 4) is 0 Å². The fourth-order valence-corrected chi connectivity index (χ4v) is 3.73. The number of pyridine rings is 1. The maximum Gasteiger partial charge on any atom is 0.274 e. The molecular weight excluding hydrogens is 427 g/mol. The van der Waals surface area contributed by atoms with E-state index in [4.69, 9.17) is 0 Å². The van der Waals surface area contributed by atoms with Crippen LogP contribution in [0.15, 0.2) is 35.4 Å². The topological polar surface area (TPSA) is 105 Å². The Morgan fingerprint density at radius 3 is 2.75 bits per heavy atom. The van der Waals surface area contributed by atoms with Gasteiger partial charge >= 0.3 is 0 Å². The molecule has 3 heterocycles. The molecule has 0 spiro atoms. The smallest absolute Gasteiger partial charge is 0.274 e. The first-order chi connectivity index (χ1) is 15.3. The van der Waals surface area contributed by atoms with Crippen molar-refractivity contribution in [3.63, 3.8) is 0 Å². The minimum Gasteiger partial charge on any atom is -0.373 e. The second kappa shape index (κ2) is 7.24. The van der Waals surface area contributed by atoms with Gasteiger partial charge in [0.15, 0.2) is 5.65 Å². The zero-order valence-electron chi connectivity index (χ0n) is 17.0. The zero-order valence-corrected chi connectivity index (χ0v) is 17.0. The number of aromatic nitrogens is 4. The van der Waals surface area contributed by atoms with Crippen LogP contribution in [0.2, 0.25) is 0 Å². The van der Waals surface area contributed by atoms with Crippen molar-refractivity contribution in [1.29, 1.82) is 0 Å². The number of hydrogen-bond donors (Lipinski definition) is 3. The van der Waals surface area contributed by atoms with E-state index >= 15 is 0 Å². The van der Waals surface area contributed by atoms with Crippen LogP contribution < -0.4 is 21.5 Å². The summed E-state index contributed by atoms with van der Waals surface area (Å²) in [5, 5.41) is 12.3. The first-order valence-corrected chi connectivity index (χ1v) is 10.2. The van der Waals surface area contributed by atoms with Crippen molar-refractivity contribution in [3.05, 3.63) is 46.5 Å². The number of carbonyl (C=O) groups is 1. The van der Waals surface area contributed by atoms with E-state index in [1.807, 2.05) is 0 Å². The summed E-state index contributed by atoms with van der Waals surface area (Å²) in [5.74, 6) is -2.95. The molecule has 5 rings (SSSR count). The maximum atomic E-state index is 13.6. The lowest BCUT2D eigenvalue weighted by molar-refractivity contribution is -0.102. The highest BCUT2D eigenvalue weighted by Gasteiger charge is 2.49. The molecule has 0 saturated heterocycles. The Hall–Kier alpha value is -3.57. The molecule has 1 unspecified atom stereocenters. The normalized spacial score (nSPS) is 23.4. The lowest BCUT2D eigenvalue weighted by Gasteiger charge is -2.36. The van der Waals surface area contributed by atoms with E-state index in [1.165, 1.54) is 21.5 Å². The van der Waals surface area contributed by atoms with Gasteiger partial charge in [-0.1, -0.05) is 0 Å². The lowest BCUT2D eigenvalue weighted by Crippen LogP contribution is -2.55. The third-order valence-corrected chi connectivity index (χ3v) is 5.83. The molecule has 0 bridgehead atoms. The average Bonchev–Trinajstić information content (AvgIpc) is 3.33. The van der Waals surface area contributed by atoms with Crippen LogP contribution in [0.5, 0.6) is 0 Å². The van der Waals surface area contributed by atoms with Crippen LogP contribution >= 0.6 is 0 Å². The molecule has 2 fully saturated rings. The molecule has 2 aliphatic rings. The van der Waals surface area contributed by atoms with Gasteiger partial charge in [-0.2, -0.15) is 9.61 Å². The molecule has 1 amide bonds. The Morgan fingerprint density at radius 2 is 2.12 bits per heavy atom. The molecule has 2 aliphatic carbocycles. The highest BCUT2D eigenvalue weighted by atomic mass is 19.3. The van der Waals surface area contributed by atoms with Gasteiger partial charge in [0.05, 0.1) is 18.3 Å². The quantitative estimate of drug-likeness (QED) is 0.536. The SMILES string of the molecule is CNc1cc(Nc2cccn(C3C[C@H]3F)c2=O)nc2c(C(=O)N[C@H]3CCC3(F)F)cnn12. The summed E-state index contributed by atoms with van der Waals surface area (Å²) in [7, 11) is 1.64. The molecule has 2 saturated carbocycles. The number of nitrogens with one attached hydrogen (secondary N) is 3. The Labute approximate surface area is 179 Å². The van der Waals surface area contributed by atoms with Crippen LogP contribution in [0.1, 0.15) is 35.7 Å². The second-order valence-electron chi connectivity index (χ2n) is 7.97. The summed E-state index contributed by atoms with van der Waals surface area (Å²) in [6.45, 7) is 0. The van der Waals surface area contributed by atoms with E-state index in [0.717, 1.165) is 0 Å². The van der Waals surface area contributed by atoms with Crippen molar-refractivity contribution < 1.29 is 18.0 Å². The number of hydrogen-bond acceptors (Lipinski definition) is 6. The van der Waals surface area contributed by atoms with Crippen molar-refractivity contribution in [2.45, 2.75) is 43.4 Å². The molecule has 3 N–H and O–H groups in total. The monoisotopic (exact) mass is 447 g/mol. The second-order valence-corrected chi connectivity index (χ2v) is 7.97. The van der Waals surface area contributed by atoms with Crippen LogP contribution in [0.25, 0.3) is 5.65 Å². The fraction of sp³-hybridized carbons (Fsp3) is 0.400.